The molecule has 2 saturated carbocycles. The molecule has 0 amide bonds. The van der Waals surface area contributed by atoms with E-state index in [0.717, 1.165) is 24.4 Å². The maximum absolute atomic E-state index is 5.70. The molecule has 13 heavy (non-hydrogen) atoms. The molecule has 2 nitrogen and oxygen atoms in total. The zero-order chi connectivity index (χ0) is 9.42. The Labute approximate surface area is 81.5 Å². The number of hydrogen-bond acceptors (Lipinski definition) is 2. The summed E-state index contributed by atoms with van der Waals surface area (Å²) in [4.78, 5) is 2.52. The van der Waals surface area contributed by atoms with Gasteiger partial charge >= 0.3 is 0 Å². The molecule has 2 bridgehead atoms. The van der Waals surface area contributed by atoms with Crippen molar-refractivity contribution in [1.29, 1.82) is 0 Å². The van der Waals surface area contributed by atoms with Crippen molar-refractivity contribution < 1.29 is 0 Å². The van der Waals surface area contributed by atoms with Gasteiger partial charge in [-0.05, 0) is 45.1 Å². The zero-order valence-corrected chi connectivity index (χ0v) is 8.87. The molecule has 0 aromatic heterocycles. The molecule has 4 atom stereocenters. The van der Waals surface area contributed by atoms with E-state index < -0.39 is 0 Å². The molecule has 76 valence electrons. The van der Waals surface area contributed by atoms with Gasteiger partial charge in [-0.1, -0.05) is 6.42 Å². The van der Waals surface area contributed by atoms with Gasteiger partial charge in [0.25, 0.3) is 0 Å². The standard InChI is InChI=1S/C11H22N2/c1-8(7-12)13(2)11-6-9-3-4-10(11)5-9/h8-11H,3-7,12H2,1-2H3/t8-,9?,10?,11?/m1/s1. The third-order valence-electron chi connectivity index (χ3n) is 4.26. The Kier molecular flexibility index (Phi) is 2.61. The van der Waals surface area contributed by atoms with E-state index in [0.29, 0.717) is 6.04 Å². The molecule has 0 aromatic rings. The highest BCUT2D eigenvalue weighted by molar-refractivity contribution is 4.95. The number of likely N-dealkylation sites (N-methyl/N-ethyl adjacent to an activating group) is 1. The molecule has 2 rings (SSSR count). The molecule has 2 N–H and O–H groups in total. The summed E-state index contributed by atoms with van der Waals surface area (Å²) in [5.74, 6) is 2.03. The lowest BCUT2D eigenvalue weighted by Gasteiger charge is -2.35. The van der Waals surface area contributed by atoms with E-state index in [1.165, 1.54) is 25.7 Å². The van der Waals surface area contributed by atoms with Crippen molar-refractivity contribution in [3.05, 3.63) is 0 Å². The van der Waals surface area contributed by atoms with Crippen LogP contribution in [0.25, 0.3) is 0 Å². The fourth-order valence-corrected chi connectivity index (χ4v) is 3.20. The Morgan fingerprint density at radius 2 is 2.15 bits per heavy atom. The van der Waals surface area contributed by atoms with Crippen LogP contribution in [0.1, 0.15) is 32.6 Å². The molecule has 0 spiro atoms. The molecule has 0 radical (unpaired) electrons. The fraction of sp³-hybridized carbons (Fsp3) is 1.00. The zero-order valence-electron chi connectivity index (χ0n) is 8.87. The molecule has 2 aliphatic carbocycles. The second-order valence-electron chi connectivity index (χ2n) is 4.99. The largest absolute Gasteiger partial charge is 0.329 e. The second kappa shape index (κ2) is 3.58. The molecule has 0 aliphatic heterocycles. The molecule has 2 fully saturated rings. The van der Waals surface area contributed by atoms with Crippen LogP contribution in [0.15, 0.2) is 0 Å². The van der Waals surface area contributed by atoms with E-state index in [4.69, 9.17) is 5.73 Å². The highest BCUT2D eigenvalue weighted by atomic mass is 15.2. The summed E-state index contributed by atoms with van der Waals surface area (Å²) in [6.45, 7) is 3.04. The highest BCUT2D eigenvalue weighted by Crippen LogP contribution is 2.46. The summed E-state index contributed by atoms with van der Waals surface area (Å²) in [7, 11) is 2.25. The monoisotopic (exact) mass is 182 g/mol. The molecule has 0 heterocycles. The van der Waals surface area contributed by atoms with E-state index in [1.54, 1.807) is 0 Å². The summed E-state index contributed by atoms with van der Waals surface area (Å²) in [6, 6.07) is 1.40. The highest BCUT2D eigenvalue weighted by Gasteiger charge is 2.41. The van der Waals surface area contributed by atoms with Crippen LogP contribution in [0.2, 0.25) is 0 Å². The summed E-state index contributed by atoms with van der Waals surface area (Å²) in [5.41, 5.74) is 5.70. The normalized spacial score (nSPS) is 40.2. The molecule has 0 saturated heterocycles. The van der Waals surface area contributed by atoms with Crippen molar-refractivity contribution >= 4 is 0 Å². The van der Waals surface area contributed by atoms with Gasteiger partial charge in [0, 0.05) is 18.6 Å². The van der Waals surface area contributed by atoms with Crippen molar-refractivity contribution in [3.8, 4) is 0 Å². The minimum Gasteiger partial charge on any atom is -0.329 e. The van der Waals surface area contributed by atoms with Crippen molar-refractivity contribution in [2.75, 3.05) is 13.6 Å². The van der Waals surface area contributed by atoms with Crippen molar-refractivity contribution in [3.63, 3.8) is 0 Å². The SMILES string of the molecule is C[C@H](CN)N(C)C1CC2CCC1C2. The lowest BCUT2D eigenvalue weighted by atomic mass is 9.93. The van der Waals surface area contributed by atoms with Crippen LogP contribution in [-0.4, -0.2) is 30.6 Å². The minimum atomic E-state index is 0.560. The quantitative estimate of drug-likeness (QED) is 0.716. The van der Waals surface area contributed by atoms with Gasteiger partial charge in [-0.2, -0.15) is 0 Å². The first-order valence-electron chi connectivity index (χ1n) is 5.64. The molecular weight excluding hydrogens is 160 g/mol. The summed E-state index contributed by atoms with van der Waals surface area (Å²) >= 11 is 0. The van der Waals surface area contributed by atoms with Crippen LogP contribution in [0.5, 0.6) is 0 Å². The molecular formula is C11H22N2. The van der Waals surface area contributed by atoms with Crippen LogP contribution in [0.3, 0.4) is 0 Å². The third kappa shape index (κ3) is 1.62. The predicted molar refractivity (Wildman–Crippen MR) is 55.5 cm³/mol. The summed E-state index contributed by atoms with van der Waals surface area (Å²) in [6.07, 6.45) is 5.89. The maximum atomic E-state index is 5.70. The van der Waals surface area contributed by atoms with E-state index in [2.05, 4.69) is 18.9 Å². The Morgan fingerprint density at radius 1 is 1.38 bits per heavy atom. The van der Waals surface area contributed by atoms with Crippen LogP contribution in [0.4, 0.5) is 0 Å². The van der Waals surface area contributed by atoms with Crippen LogP contribution >= 0.6 is 0 Å². The Bertz CT molecular complexity index is 181. The second-order valence-corrected chi connectivity index (χ2v) is 4.99. The van der Waals surface area contributed by atoms with Crippen molar-refractivity contribution in [1.82, 2.24) is 4.90 Å². The Morgan fingerprint density at radius 3 is 2.62 bits per heavy atom. The first-order valence-corrected chi connectivity index (χ1v) is 5.64. The first-order chi connectivity index (χ1) is 6.22. The Balaban J connectivity index is 1.94. The fourth-order valence-electron chi connectivity index (χ4n) is 3.20. The number of fused-ring (bicyclic) bond motifs is 2. The van der Waals surface area contributed by atoms with E-state index in [-0.39, 0.29) is 0 Å². The Hall–Kier alpha value is -0.0800. The molecule has 2 aliphatic rings. The van der Waals surface area contributed by atoms with Crippen molar-refractivity contribution in [2.45, 2.75) is 44.7 Å². The lowest BCUT2D eigenvalue weighted by molar-refractivity contribution is 0.136. The average molecular weight is 182 g/mol. The maximum Gasteiger partial charge on any atom is 0.0190 e. The van der Waals surface area contributed by atoms with Gasteiger partial charge in [-0.15, -0.1) is 0 Å². The number of rotatable bonds is 3. The van der Waals surface area contributed by atoms with Gasteiger partial charge in [0.2, 0.25) is 0 Å². The first kappa shape index (κ1) is 9.47. The number of hydrogen-bond donors (Lipinski definition) is 1. The van der Waals surface area contributed by atoms with Gasteiger partial charge in [0.1, 0.15) is 0 Å². The van der Waals surface area contributed by atoms with E-state index in [1.807, 2.05) is 0 Å². The van der Waals surface area contributed by atoms with E-state index >= 15 is 0 Å². The van der Waals surface area contributed by atoms with Gasteiger partial charge in [0.15, 0.2) is 0 Å². The number of nitrogens with two attached hydrogens (primary N) is 1. The minimum absolute atomic E-state index is 0.560. The van der Waals surface area contributed by atoms with Gasteiger partial charge < -0.3 is 5.73 Å². The van der Waals surface area contributed by atoms with Crippen LogP contribution in [-0.2, 0) is 0 Å². The van der Waals surface area contributed by atoms with E-state index in [9.17, 15) is 0 Å². The average Bonchev–Trinajstić information content (AvgIpc) is 2.76. The summed E-state index contributed by atoms with van der Waals surface area (Å²) < 4.78 is 0. The van der Waals surface area contributed by atoms with Crippen LogP contribution < -0.4 is 5.73 Å². The third-order valence-corrected chi connectivity index (χ3v) is 4.26. The molecule has 0 aromatic carbocycles. The van der Waals surface area contributed by atoms with Crippen molar-refractivity contribution in [2.24, 2.45) is 17.6 Å². The smallest absolute Gasteiger partial charge is 0.0190 e. The lowest BCUT2D eigenvalue weighted by Crippen LogP contribution is -2.44. The topological polar surface area (TPSA) is 29.3 Å². The number of nitrogens with zero attached hydrogens (tertiary/aromatic N) is 1. The predicted octanol–water partition coefficient (Wildman–Crippen LogP) is 1.45. The summed E-state index contributed by atoms with van der Waals surface area (Å²) in [5, 5.41) is 0. The van der Waals surface area contributed by atoms with Gasteiger partial charge in [0.05, 0.1) is 0 Å². The molecule has 3 unspecified atom stereocenters. The molecule has 2 heteroatoms. The van der Waals surface area contributed by atoms with Gasteiger partial charge in [-0.3, -0.25) is 4.90 Å². The van der Waals surface area contributed by atoms with Crippen LogP contribution in [0, 0.1) is 11.8 Å². The van der Waals surface area contributed by atoms with Gasteiger partial charge in [-0.25, -0.2) is 0 Å².